The third-order valence-corrected chi connectivity index (χ3v) is 3.57. The van der Waals surface area contributed by atoms with E-state index in [0.29, 0.717) is 5.02 Å². The van der Waals surface area contributed by atoms with E-state index in [9.17, 15) is 10.5 Å². The smallest absolute Gasteiger partial charge is 0.118 e. The van der Waals surface area contributed by atoms with Crippen LogP contribution in [0.4, 0.5) is 0 Å². The summed E-state index contributed by atoms with van der Waals surface area (Å²) in [6.07, 6.45) is 0. The number of halogens is 1. The molecule has 2 atom stereocenters. The molecule has 2 unspecified atom stereocenters. The molecule has 21 heavy (non-hydrogen) atoms. The van der Waals surface area contributed by atoms with Gasteiger partial charge in [-0.15, -0.1) is 0 Å². The van der Waals surface area contributed by atoms with Crippen LogP contribution in [0.5, 0.6) is 5.75 Å². The van der Waals surface area contributed by atoms with Crippen molar-refractivity contribution in [1.29, 1.82) is 10.5 Å². The Morgan fingerprint density at radius 1 is 0.857 bits per heavy atom. The second-order valence-electron chi connectivity index (χ2n) is 4.54. The van der Waals surface area contributed by atoms with Crippen LogP contribution in [0.25, 0.3) is 0 Å². The first-order chi connectivity index (χ1) is 10.2. The van der Waals surface area contributed by atoms with Gasteiger partial charge in [0.05, 0.1) is 31.1 Å². The molecule has 0 spiro atoms. The van der Waals surface area contributed by atoms with Gasteiger partial charge >= 0.3 is 0 Å². The summed E-state index contributed by atoms with van der Waals surface area (Å²) in [5.41, 5.74) is 1.57. The van der Waals surface area contributed by atoms with E-state index in [2.05, 4.69) is 12.1 Å². The maximum Gasteiger partial charge on any atom is 0.118 e. The topological polar surface area (TPSA) is 56.8 Å². The molecule has 0 N–H and O–H groups in total. The Morgan fingerprint density at radius 3 is 1.67 bits per heavy atom. The van der Waals surface area contributed by atoms with Crippen LogP contribution in [-0.4, -0.2) is 7.11 Å². The summed E-state index contributed by atoms with van der Waals surface area (Å²) in [6, 6.07) is 18.7. The van der Waals surface area contributed by atoms with Crippen LogP contribution in [0.3, 0.4) is 0 Å². The zero-order valence-corrected chi connectivity index (χ0v) is 12.2. The lowest BCUT2D eigenvalue weighted by molar-refractivity contribution is 0.414. The van der Waals surface area contributed by atoms with Gasteiger partial charge in [0.15, 0.2) is 0 Å². The highest BCUT2D eigenvalue weighted by atomic mass is 35.5. The molecule has 104 valence electrons. The second kappa shape index (κ2) is 6.79. The van der Waals surface area contributed by atoms with E-state index in [1.807, 2.05) is 12.1 Å². The average Bonchev–Trinajstić information content (AvgIpc) is 2.54. The van der Waals surface area contributed by atoms with Gasteiger partial charge in [-0.05, 0) is 35.4 Å². The van der Waals surface area contributed by atoms with Crippen LogP contribution in [0.2, 0.25) is 5.02 Å². The van der Waals surface area contributed by atoms with Crippen LogP contribution in [-0.2, 0) is 0 Å². The van der Waals surface area contributed by atoms with E-state index in [1.165, 1.54) is 0 Å². The first kappa shape index (κ1) is 14.9. The molecule has 2 aromatic rings. The predicted octanol–water partition coefficient (Wildman–Crippen LogP) is 4.26. The van der Waals surface area contributed by atoms with Crippen molar-refractivity contribution in [2.24, 2.45) is 0 Å². The van der Waals surface area contributed by atoms with Crippen LogP contribution >= 0.6 is 11.6 Å². The number of methoxy groups -OCH3 is 1. The number of rotatable bonds is 4. The number of ether oxygens (including phenoxy) is 1. The second-order valence-corrected chi connectivity index (χ2v) is 4.97. The molecule has 0 bridgehead atoms. The van der Waals surface area contributed by atoms with Gasteiger partial charge in [0, 0.05) is 5.02 Å². The van der Waals surface area contributed by atoms with Crippen molar-refractivity contribution in [3.8, 4) is 17.9 Å². The van der Waals surface area contributed by atoms with E-state index in [4.69, 9.17) is 16.3 Å². The zero-order chi connectivity index (χ0) is 15.2. The maximum atomic E-state index is 9.46. The highest BCUT2D eigenvalue weighted by Gasteiger charge is 2.24. The standard InChI is InChI=1S/C17H13ClN2O/c1-21-15-8-4-13(5-9-15)17(11-20)16(10-19)12-2-6-14(18)7-3-12/h2-9,16-17H,1H3. The number of hydrogen-bond acceptors (Lipinski definition) is 3. The highest BCUT2D eigenvalue weighted by molar-refractivity contribution is 6.30. The molecule has 0 radical (unpaired) electrons. The van der Waals surface area contributed by atoms with Crippen molar-refractivity contribution < 1.29 is 4.74 Å². The quantitative estimate of drug-likeness (QED) is 0.847. The Balaban J connectivity index is 2.35. The molecule has 0 amide bonds. The maximum absolute atomic E-state index is 9.46. The monoisotopic (exact) mass is 296 g/mol. The molecule has 3 nitrogen and oxygen atoms in total. The summed E-state index contributed by atoms with van der Waals surface area (Å²) in [5, 5.41) is 19.5. The van der Waals surface area contributed by atoms with Crippen molar-refractivity contribution in [3.63, 3.8) is 0 Å². The lowest BCUT2D eigenvalue weighted by atomic mass is 9.83. The molecule has 0 aromatic heterocycles. The molecule has 0 heterocycles. The Morgan fingerprint density at radius 2 is 1.29 bits per heavy atom. The summed E-state index contributed by atoms with van der Waals surface area (Å²) in [7, 11) is 1.59. The lowest BCUT2D eigenvalue weighted by Gasteiger charge is -2.16. The molecule has 0 aliphatic rings. The van der Waals surface area contributed by atoms with E-state index in [-0.39, 0.29) is 0 Å². The minimum Gasteiger partial charge on any atom is -0.497 e. The summed E-state index contributed by atoms with van der Waals surface area (Å²) < 4.78 is 5.10. The number of nitrogens with zero attached hydrogens (tertiary/aromatic N) is 2. The first-order valence-electron chi connectivity index (χ1n) is 6.38. The Bertz CT molecular complexity index is 681. The molecule has 0 fully saturated rings. The van der Waals surface area contributed by atoms with Gasteiger partial charge in [0.2, 0.25) is 0 Å². The summed E-state index contributed by atoms with van der Waals surface area (Å²) in [4.78, 5) is 0. The predicted molar refractivity (Wildman–Crippen MR) is 81.2 cm³/mol. The van der Waals surface area contributed by atoms with Gasteiger partial charge in [-0.2, -0.15) is 10.5 Å². The van der Waals surface area contributed by atoms with Gasteiger partial charge in [-0.3, -0.25) is 0 Å². The summed E-state index contributed by atoms with van der Waals surface area (Å²) in [5.74, 6) is -0.363. The Kier molecular flexibility index (Phi) is 4.82. The molecule has 0 saturated heterocycles. The molecule has 0 aliphatic carbocycles. The van der Waals surface area contributed by atoms with E-state index in [0.717, 1.165) is 16.9 Å². The van der Waals surface area contributed by atoms with Crippen molar-refractivity contribution in [2.75, 3.05) is 7.11 Å². The highest BCUT2D eigenvalue weighted by Crippen LogP contribution is 2.33. The minimum absolute atomic E-state index is 0.540. The number of hydrogen-bond donors (Lipinski definition) is 0. The first-order valence-corrected chi connectivity index (χ1v) is 6.76. The SMILES string of the molecule is COc1ccc(C(C#N)C(C#N)c2ccc(Cl)cc2)cc1. The largest absolute Gasteiger partial charge is 0.497 e. The fraction of sp³-hybridized carbons (Fsp3) is 0.176. The Labute approximate surface area is 129 Å². The average molecular weight is 297 g/mol. The fourth-order valence-corrected chi connectivity index (χ4v) is 2.29. The molecule has 0 aliphatic heterocycles. The molecular formula is C17H13ClN2O. The van der Waals surface area contributed by atoms with Crippen LogP contribution < -0.4 is 4.74 Å². The van der Waals surface area contributed by atoms with Crippen LogP contribution in [0.15, 0.2) is 48.5 Å². The van der Waals surface area contributed by atoms with Crippen molar-refractivity contribution >= 4 is 11.6 Å². The van der Waals surface area contributed by atoms with Gasteiger partial charge < -0.3 is 4.74 Å². The lowest BCUT2D eigenvalue weighted by Crippen LogP contribution is -2.08. The molecule has 2 rings (SSSR count). The van der Waals surface area contributed by atoms with Crippen molar-refractivity contribution in [2.45, 2.75) is 11.8 Å². The third-order valence-electron chi connectivity index (χ3n) is 3.32. The minimum atomic E-state index is -0.541. The summed E-state index contributed by atoms with van der Waals surface area (Å²) >= 11 is 5.86. The molecule has 2 aromatic carbocycles. The number of nitriles is 2. The van der Waals surface area contributed by atoms with Crippen LogP contribution in [0, 0.1) is 22.7 Å². The van der Waals surface area contributed by atoms with Gasteiger partial charge in [0.1, 0.15) is 5.75 Å². The van der Waals surface area contributed by atoms with Crippen molar-refractivity contribution in [1.82, 2.24) is 0 Å². The molecule has 4 heteroatoms. The number of benzene rings is 2. The molecular weight excluding hydrogens is 284 g/mol. The van der Waals surface area contributed by atoms with Gasteiger partial charge in [0.25, 0.3) is 0 Å². The zero-order valence-electron chi connectivity index (χ0n) is 11.5. The van der Waals surface area contributed by atoms with E-state index >= 15 is 0 Å². The summed E-state index contributed by atoms with van der Waals surface area (Å²) in [6.45, 7) is 0. The van der Waals surface area contributed by atoms with E-state index in [1.54, 1.807) is 43.5 Å². The third kappa shape index (κ3) is 3.34. The van der Waals surface area contributed by atoms with Crippen LogP contribution in [0.1, 0.15) is 23.0 Å². The molecule has 0 saturated carbocycles. The van der Waals surface area contributed by atoms with Gasteiger partial charge in [-0.1, -0.05) is 35.9 Å². The normalized spacial score (nSPS) is 12.8. The Hall–Kier alpha value is -2.49. The van der Waals surface area contributed by atoms with E-state index < -0.39 is 11.8 Å². The van der Waals surface area contributed by atoms with Gasteiger partial charge in [-0.25, -0.2) is 0 Å². The van der Waals surface area contributed by atoms with Crippen molar-refractivity contribution in [3.05, 3.63) is 64.7 Å². The fourth-order valence-electron chi connectivity index (χ4n) is 2.16.